The molecule has 246 valence electrons. The highest BCUT2D eigenvalue weighted by Crippen LogP contribution is 2.48. The maximum atomic E-state index is 14.1. The van der Waals surface area contributed by atoms with E-state index in [2.05, 4.69) is 24.3 Å². The van der Waals surface area contributed by atoms with Gasteiger partial charge >= 0.3 is 14.8 Å². The largest absolute Gasteiger partial charge is 0.493 e. The first-order valence-electron chi connectivity index (χ1n) is 15.3. The van der Waals surface area contributed by atoms with Gasteiger partial charge in [0, 0.05) is 6.92 Å². The molecule has 1 aliphatic rings. The van der Waals surface area contributed by atoms with Crippen LogP contribution in [-0.4, -0.2) is 42.5 Å². The summed E-state index contributed by atoms with van der Waals surface area (Å²) in [5.41, 5.74) is -0.891. The zero-order valence-corrected chi connectivity index (χ0v) is 28.2. The van der Waals surface area contributed by atoms with Crippen molar-refractivity contribution in [1.29, 1.82) is 0 Å². The van der Waals surface area contributed by atoms with Gasteiger partial charge in [-0.25, -0.2) is 4.99 Å². The Bertz CT molecular complexity index is 1450. The molecular weight excluding hydrogens is 602 g/mol. The number of benzene rings is 3. The third-order valence-electron chi connectivity index (χ3n) is 6.99. The summed E-state index contributed by atoms with van der Waals surface area (Å²) in [6.45, 7) is 13.9. The Morgan fingerprint density at radius 1 is 0.844 bits per heavy atom. The number of alkyl halides is 3. The van der Waals surface area contributed by atoms with E-state index in [0.29, 0.717) is 37.1 Å². The van der Waals surface area contributed by atoms with Gasteiger partial charge in [0.15, 0.2) is 5.90 Å². The summed E-state index contributed by atoms with van der Waals surface area (Å²) in [6, 6.07) is 18.6. The Kier molecular flexibility index (Phi) is 11.2. The molecule has 0 saturated heterocycles. The highest BCUT2D eigenvalue weighted by Gasteiger charge is 2.39. The van der Waals surface area contributed by atoms with Gasteiger partial charge in [-0.2, -0.15) is 13.2 Å². The molecule has 1 unspecified atom stereocenters. The van der Waals surface area contributed by atoms with Crippen LogP contribution in [0.2, 0.25) is 0 Å². The smallest absolute Gasteiger partial charge is 0.419 e. The van der Waals surface area contributed by atoms with E-state index in [4.69, 9.17) is 28.0 Å². The lowest BCUT2D eigenvalue weighted by molar-refractivity contribution is -0.139. The van der Waals surface area contributed by atoms with Gasteiger partial charge in [-0.15, -0.1) is 0 Å². The van der Waals surface area contributed by atoms with Gasteiger partial charge in [0.1, 0.15) is 17.9 Å². The minimum Gasteiger partial charge on any atom is -0.493 e. The Morgan fingerprint density at radius 3 is 2.11 bits per heavy atom. The van der Waals surface area contributed by atoms with Gasteiger partial charge in [-0.1, -0.05) is 48.5 Å². The van der Waals surface area contributed by atoms with Crippen molar-refractivity contribution in [2.75, 3.05) is 19.8 Å². The molecule has 4 rings (SSSR count). The molecule has 6 nitrogen and oxygen atoms in total. The van der Waals surface area contributed by atoms with Crippen molar-refractivity contribution >= 4 is 25.3 Å². The summed E-state index contributed by atoms with van der Waals surface area (Å²) in [4.78, 5) is 4.70. The number of rotatable bonds is 13. The number of fused-ring (bicyclic) bond motifs is 1. The fourth-order valence-electron chi connectivity index (χ4n) is 4.91. The van der Waals surface area contributed by atoms with E-state index in [1.54, 1.807) is 13.0 Å². The Labute approximate surface area is 266 Å². The number of nitrogens with zero attached hydrogens (tertiary/aromatic N) is 1. The molecule has 3 aromatic carbocycles. The predicted octanol–water partition coefficient (Wildman–Crippen LogP) is 9.86. The number of halogens is 3. The summed E-state index contributed by atoms with van der Waals surface area (Å²) in [6.07, 6.45) is -2.49. The van der Waals surface area contributed by atoms with E-state index in [0.717, 1.165) is 16.3 Å². The van der Waals surface area contributed by atoms with Crippen molar-refractivity contribution in [2.24, 2.45) is 4.99 Å². The van der Waals surface area contributed by atoms with E-state index >= 15 is 0 Å². The van der Waals surface area contributed by atoms with Crippen molar-refractivity contribution in [1.82, 2.24) is 0 Å². The van der Waals surface area contributed by atoms with Gasteiger partial charge < -0.3 is 23.0 Å². The molecule has 0 aromatic heterocycles. The molecule has 0 saturated carbocycles. The monoisotopic (exact) mass is 647 g/mol. The molecule has 3 aromatic rings. The van der Waals surface area contributed by atoms with Gasteiger partial charge in [0.05, 0.1) is 30.0 Å². The first kappa shape index (κ1) is 35.1. The van der Waals surface area contributed by atoms with Crippen LogP contribution in [0, 0.1) is 0 Å². The topological polar surface area (TPSA) is 58.5 Å². The third kappa shape index (κ3) is 11.0. The van der Waals surface area contributed by atoms with Crippen LogP contribution >= 0.6 is 8.60 Å². The minimum atomic E-state index is -4.56. The third-order valence-corrected chi connectivity index (χ3v) is 8.72. The van der Waals surface area contributed by atoms with Crippen LogP contribution in [0.5, 0.6) is 5.75 Å². The molecule has 0 N–H and O–H groups in total. The number of hydrogen-bond acceptors (Lipinski definition) is 6. The van der Waals surface area contributed by atoms with E-state index < -0.39 is 37.1 Å². The molecular formula is C35H45F3NO5P. The molecule has 1 atom stereocenters. The summed E-state index contributed by atoms with van der Waals surface area (Å²) < 4.78 is 72.0. The highest BCUT2D eigenvalue weighted by atomic mass is 31.2. The van der Waals surface area contributed by atoms with Crippen LogP contribution in [0.3, 0.4) is 0 Å². The van der Waals surface area contributed by atoms with E-state index in [1.807, 2.05) is 59.7 Å². The molecule has 0 spiro atoms. The fraction of sp³-hybridized carbons (Fsp3) is 0.514. The lowest BCUT2D eigenvalue weighted by Gasteiger charge is -2.32. The molecule has 1 heterocycles. The van der Waals surface area contributed by atoms with Crippen LogP contribution in [0.15, 0.2) is 65.7 Å². The van der Waals surface area contributed by atoms with Gasteiger partial charge in [0.2, 0.25) is 0 Å². The first-order valence-corrected chi connectivity index (χ1v) is 16.4. The second kappa shape index (κ2) is 14.4. The average molecular weight is 648 g/mol. The Morgan fingerprint density at radius 2 is 1.49 bits per heavy atom. The predicted molar refractivity (Wildman–Crippen MR) is 174 cm³/mol. The summed E-state index contributed by atoms with van der Waals surface area (Å²) in [7, 11) is -1.71. The molecule has 45 heavy (non-hydrogen) atoms. The second-order valence-corrected chi connectivity index (χ2v) is 14.6. The number of aliphatic imine (C=N–C) groups is 1. The lowest BCUT2D eigenvalue weighted by atomic mass is 9.93. The quantitative estimate of drug-likeness (QED) is 0.137. The van der Waals surface area contributed by atoms with E-state index in [1.165, 1.54) is 12.1 Å². The zero-order valence-electron chi connectivity index (χ0n) is 27.3. The van der Waals surface area contributed by atoms with Gasteiger partial charge in [-0.05, 0) is 101 Å². The van der Waals surface area contributed by atoms with Crippen LogP contribution in [0.4, 0.5) is 13.2 Å². The second-order valence-electron chi connectivity index (χ2n) is 13.5. The number of hydrogen-bond donors (Lipinski definition) is 0. The fourth-order valence-corrected chi connectivity index (χ4v) is 6.30. The first-order chi connectivity index (χ1) is 21.0. The van der Waals surface area contributed by atoms with Crippen molar-refractivity contribution in [3.8, 4) is 5.75 Å². The molecule has 0 amide bonds. The van der Waals surface area contributed by atoms with Crippen LogP contribution < -0.4 is 4.74 Å². The molecule has 0 fully saturated rings. The maximum Gasteiger partial charge on any atom is 0.419 e. The van der Waals surface area contributed by atoms with E-state index in [-0.39, 0.29) is 25.6 Å². The van der Waals surface area contributed by atoms with Crippen molar-refractivity contribution in [2.45, 2.75) is 97.1 Å². The molecule has 0 bridgehead atoms. The molecule has 10 heteroatoms. The molecule has 1 aliphatic heterocycles. The SMILES string of the molecule is CC1=NC(CCc2ccc(OCCCc3ccc4ccccc4c3)c(C(F)(F)F)c2)(COP(OC(C)(C)C)OC(C)(C)C)CO1. The zero-order chi connectivity index (χ0) is 32.9. The van der Waals surface area contributed by atoms with Crippen molar-refractivity contribution in [3.63, 3.8) is 0 Å². The lowest BCUT2D eigenvalue weighted by Crippen LogP contribution is -2.35. The molecule has 0 aliphatic carbocycles. The van der Waals surface area contributed by atoms with Crippen molar-refractivity contribution < 1.29 is 36.2 Å². The minimum absolute atomic E-state index is 0.146. The highest BCUT2D eigenvalue weighted by molar-refractivity contribution is 7.41. The van der Waals surface area contributed by atoms with E-state index in [9.17, 15) is 13.2 Å². The Balaban J connectivity index is 1.40. The standard InChI is InChI=1S/C35H45F3NO5P/c1-25-39-34(23-41-25,24-42-45(43-32(2,3)4)44-33(5,6)7)19-18-27-15-17-31(30(22-27)35(36,37)38)40-20-10-11-26-14-16-28-12-8-9-13-29(28)21-26/h8-9,12-17,21-22H,10-11,18-20,23-24H2,1-7H3. The van der Waals surface area contributed by atoms with Crippen LogP contribution in [0.25, 0.3) is 10.8 Å². The number of aryl methyl sites for hydroxylation is 2. The van der Waals surface area contributed by atoms with Crippen LogP contribution in [0.1, 0.15) is 78.0 Å². The average Bonchev–Trinajstić information content (AvgIpc) is 3.32. The number of ether oxygens (including phenoxy) is 2. The summed E-state index contributed by atoms with van der Waals surface area (Å²) in [5.74, 6) is 0.352. The van der Waals surface area contributed by atoms with Gasteiger partial charge in [-0.3, -0.25) is 0 Å². The summed E-state index contributed by atoms with van der Waals surface area (Å²) in [5, 5.41) is 2.30. The van der Waals surface area contributed by atoms with Crippen molar-refractivity contribution in [3.05, 3.63) is 77.4 Å². The van der Waals surface area contributed by atoms with Gasteiger partial charge in [0.25, 0.3) is 0 Å². The summed E-state index contributed by atoms with van der Waals surface area (Å²) >= 11 is 0. The molecule has 0 radical (unpaired) electrons. The Hall–Kier alpha value is -2.71. The normalized spacial score (nSPS) is 17.5. The maximum absolute atomic E-state index is 14.1. The van der Waals surface area contributed by atoms with Crippen LogP contribution in [-0.2, 0) is 37.3 Å².